The molecule has 3 N–H and O–H groups in total. The predicted molar refractivity (Wildman–Crippen MR) is 238 cm³/mol. The summed E-state index contributed by atoms with van der Waals surface area (Å²) in [6, 6.07) is 7.53. The number of anilines is 1. The molecular formula is C39H52N2O21S5. The first-order valence-corrected chi connectivity index (χ1v) is 26.1. The SMILES string of the molecule is C.CCCOC(=O)c1cccc2c1C(C)(C)C(/C=C/C=C1/N(CCCS(=O)(=O)O)c3cc(C(=O)O)cc(C(=O)OCCCS(=O)(=O)O)c3C1(C)C)=[N+]2CCCS(=O)(=O)[O-].O=S(=O)=O.O=S(=O)=O. The number of fused-ring (bicyclic) bond motifs is 2. The van der Waals surface area contributed by atoms with Crippen LogP contribution in [-0.4, -0.2) is 141 Å². The van der Waals surface area contributed by atoms with E-state index in [2.05, 4.69) is 0 Å². The largest absolute Gasteiger partial charge is 0.748 e. The lowest BCUT2D eigenvalue weighted by molar-refractivity contribution is -0.437. The summed E-state index contributed by atoms with van der Waals surface area (Å²) in [5.41, 5.74) is 0.742. The van der Waals surface area contributed by atoms with Crippen molar-refractivity contribution in [3.05, 3.63) is 82.1 Å². The molecule has 2 aliphatic heterocycles. The molecule has 2 aromatic rings. The van der Waals surface area contributed by atoms with Crippen LogP contribution in [0.3, 0.4) is 0 Å². The number of carbonyl (C=O) groups is 3. The van der Waals surface area contributed by atoms with Gasteiger partial charge in [0.25, 0.3) is 20.2 Å². The number of carboxylic acids is 1. The number of benzene rings is 2. The topological polar surface area (TPSA) is 365 Å². The maximum Gasteiger partial charge on any atom is 0.425 e. The van der Waals surface area contributed by atoms with Crippen LogP contribution < -0.4 is 4.90 Å². The number of allylic oxidation sites excluding steroid dienone is 4. The highest BCUT2D eigenvalue weighted by Crippen LogP contribution is 2.50. The van der Waals surface area contributed by atoms with Gasteiger partial charge in [0.15, 0.2) is 5.71 Å². The summed E-state index contributed by atoms with van der Waals surface area (Å²) in [6.45, 7) is 8.90. The average molecular weight is 1050 g/mol. The minimum atomic E-state index is -4.54. The van der Waals surface area contributed by atoms with Gasteiger partial charge in [0.1, 0.15) is 6.54 Å². The molecule has 0 spiro atoms. The van der Waals surface area contributed by atoms with E-state index in [0.717, 1.165) is 6.07 Å². The monoisotopic (exact) mass is 1040 g/mol. The Hall–Kier alpha value is -5.23. The molecule has 2 aliphatic rings. The van der Waals surface area contributed by atoms with Crippen molar-refractivity contribution < 1.29 is 97.7 Å². The zero-order valence-electron chi connectivity index (χ0n) is 36.0. The first-order chi connectivity index (χ1) is 30.3. The van der Waals surface area contributed by atoms with Crippen LogP contribution in [0.1, 0.15) is 110 Å². The Morgan fingerprint density at radius 2 is 1.31 bits per heavy atom. The molecule has 28 heteroatoms. The molecule has 0 saturated carbocycles. The van der Waals surface area contributed by atoms with E-state index in [4.69, 9.17) is 39.3 Å². The molecule has 0 atom stereocenters. The van der Waals surface area contributed by atoms with E-state index in [-0.39, 0.29) is 63.2 Å². The van der Waals surface area contributed by atoms with Gasteiger partial charge >= 0.3 is 39.1 Å². The smallest absolute Gasteiger partial charge is 0.425 e. The van der Waals surface area contributed by atoms with Crippen LogP contribution in [0.25, 0.3) is 0 Å². The van der Waals surface area contributed by atoms with Gasteiger partial charge in [-0.25, -0.2) is 22.8 Å². The number of aromatic carboxylic acids is 1. The van der Waals surface area contributed by atoms with Gasteiger partial charge in [-0.1, -0.05) is 40.3 Å². The minimum Gasteiger partial charge on any atom is -0.748 e. The van der Waals surface area contributed by atoms with Crippen molar-refractivity contribution in [1.29, 1.82) is 0 Å². The average Bonchev–Trinajstić information content (AvgIpc) is 3.51. The van der Waals surface area contributed by atoms with E-state index in [0.29, 0.717) is 40.2 Å². The summed E-state index contributed by atoms with van der Waals surface area (Å²) in [7, 11) is -19.5. The van der Waals surface area contributed by atoms with Crippen LogP contribution >= 0.6 is 0 Å². The highest BCUT2D eigenvalue weighted by Gasteiger charge is 2.48. The lowest BCUT2D eigenvalue weighted by Crippen LogP contribution is -2.30. The summed E-state index contributed by atoms with van der Waals surface area (Å²) >= 11 is 0. The molecule has 23 nitrogen and oxygen atoms in total. The van der Waals surface area contributed by atoms with Crippen LogP contribution in [0.4, 0.5) is 11.4 Å². The molecule has 0 bridgehead atoms. The summed E-state index contributed by atoms with van der Waals surface area (Å²) in [4.78, 5) is 40.7. The second-order valence-corrected chi connectivity index (χ2v) is 20.8. The highest BCUT2D eigenvalue weighted by atomic mass is 32.2. The van der Waals surface area contributed by atoms with Crippen molar-refractivity contribution >= 4 is 86.6 Å². The van der Waals surface area contributed by atoms with Gasteiger partial charge < -0.3 is 24.0 Å². The van der Waals surface area contributed by atoms with Gasteiger partial charge in [-0.2, -0.15) is 21.4 Å². The van der Waals surface area contributed by atoms with Gasteiger partial charge in [0.2, 0.25) is 5.69 Å². The first-order valence-electron chi connectivity index (χ1n) is 19.3. The van der Waals surface area contributed by atoms with E-state index < -0.39 is 104 Å². The van der Waals surface area contributed by atoms with Crippen molar-refractivity contribution in [3.63, 3.8) is 0 Å². The van der Waals surface area contributed by atoms with E-state index >= 15 is 0 Å². The molecule has 0 saturated heterocycles. The van der Waals surface area contributed by atoms with E-state index in [1.807, 2.05) is 25.3 Å². The third kappa shape index (κ3) is 17.7. The Kier molecular flexibility index (Phi) is 22.0. The molecule has 374 valence electrons. The summed E-state index contributed by atoms with van der Waals surface area (Å²) in [5.74, 6) is -4.85. The number of carbonyl (C=O) groups excluding carboxylic acids is 2. The van der Waals surface area contributed by atoms with Crippen molar-refractivity contribution in [2.45, 2.75) is 78.6 Å². The number of nitrogens with zero attached hydrogens (tertiary/aromatic N) is 2. The molecule has 0 amide bonds. The number of esters is 2. The van der Waals surface area contributed by atoms with Crippen LogP contribution in [0.15, 0.2) is 54.3 Å². The van der Waals surface area contributed by atoms with E-state index in [9.17, 15) is 53.8 Å². The number of hydrogen-bond acceptors (Lipinski definition) is 19. The van der Waals surface area contributed by atoms with Gasteiger partial charge in [-0.15, -0.1) is 25.3 Å². The van der Waals surface area contributed by atoms with E-state index in [1.165, 1.54) is 6.07 Å². The van der Waals surface area contributed by atoms with Crippen LogP contribution in [-0.2, 0) is 71.9 Å². The third-order valence-corrected chi connectivity index (χ3v) is 12.2. The second kappa shape index (κ2) is 24.7. The Balaban J connectivity index is 0.00000230. The van der Waals surface area contributed by atoms with Gasteiger partial charge in [-0.3, -0.25) is 9.11 Å². The highest BCUT2D eigenvalue weighted by molar-refractivity contribution is 7.86. The Labute approximate surface area is 391 Å². The number of rotatable bonds is 19. The normalized spacial score (nSPS) is 15.3. The van der Waals surface area contributed by atoms with Crippen LogP contribution in [0, 0.1) is 0 Å². The molecule has 2 heterocycles. The Morgan fingerprint density at radius 1 is 0.776 bits per heavy atom. The van der Waals surface area contributed by atoms with Crippen molar-refractivity contribution in [2.75, 3.05) is 48.5 Å². The molecule has 0 unspecified atom stereocenters. The first kappa shape index (κ1) is 59.8. The maximum absolute atomic E-state index is 13.5. The zero-order valence-corrected chi connectivity index (χ0v) is 40.1. The predicted octanol–water partition coefficient (Wildman–Crippen LogP) is 2.84. The summed E-state index contributed by atoms with van der Waals surface area (Å²) < 4.78 is 162. The minimum absolute atomic E-state index is 0. The number of hydrogen-bond donors (Lipinski definition) is 3. The van der Waals surface area contributed by atoms with Crippen molar-refractivity contribution in [1.82, 2.24) is 0 Å². The third-order valence-electron chi connectivity index (χ3n) is 9.83. The van der Waals surface area contributed by atoms with Gasteiger partial charge in [-0.05, 0) is 57.4 Å². The Morgan fingerprint density at radius 3 is 1.84 bits per heavy atom. The summed E-state index contributed by atoms with van der Waals surface area (Å²) in [5, 5.41) is 10.0. The van der Waals surface area contributed by atoms with E-state index in [1.54, 1.807) is 55.2 Å². The van der Waals surface area contributed by atoms with Crippen LogP contribution in [0.2, 0.25) is 0 Å². The molecule has 0 aromatic heterocycles. The molecule has 2 aromatic carbocycles. The molecule has 67 heavy (non-hydrogen) atoms. The lowest BCUT2D eigenvalue weighted by atomic mass is 9.78. The fourth-order valence-corrected chi connectivity index (χ4v) is 8.89. The standard InChI is InChI=1S/C38H48N2O15S3.CH4.2O3S/c1-6-18-54-35(43)26-12-7-13-28-32(26)37(2,3)30(39(28)16-9-20-56(45,46)47)14-8-15-31-38(4,5)33-27(36(44)55-19-11-22-58(51,52)53)23-25(34(41)42)24-29(33)40(31)17-10-21-57(48,49)50;;2*1-4(2)3/h7-8,12-15,23-24H,6,9-11,16-22H2,1-5H3,(H3-,41,42,45,46,47,48,49,50,51,52,53);1H4;;. The van der Waals surface area contributed by atoms with Gasteiger partial charge in [0, 0.05) is 53.2 Å². The fourth-order valence-electron chi connectivity index (χ4n) is 7.43. The number of carboxylic acid groups (broad SMARTS) is 1. The zero-order chi connectivity index (χ0) is 50.6. The van der Waals surface area contributed by atoms with Crippen LogP contribution in [0.5, 0.6) is 0 Å². The fraction of sp³-hybridized carbons (Fsp3) is 0.487. The maximum atomic E-state index is 13.5. The summed E-state index contributed by atoms with van der Waals surface area (Å²) in [6.07, 6.45) is 5.29. The molecule has 0 aliphatic carbocycles. The van der Waals surface area contributed by atoms with Crippen molar-refractivity contribution in [2.24, 2.45) is 0 Å². The van der Waals surface area contributed by atoms with Crippen molar-refractivity contribution in [3.8, 4) is 0 Å². The molecule has 4 rings (SSSR count). The Bertz CT molecular complexity index is 2830. The molecule has 0 radical (unpaired) electrons. The van der Waals surface area contributed by atoms with Gasteiger partial charge in [0.05, 0.1) is 62.5 Å². The number of ether oxygens (including phenoxy) is 2. The lowest BCUT2D eigenvalue weighted by Gasteiger charge is -2.27. The molecular weight excluding hydrogens is 993 g/mol. The quantitative estimate of drug-likeness (QED) is 0.0788. The molecule has 0 fully saturated rings. The second-order valence-electron chi connectivity index (χ2n) is 15.3.